The quantitative estimate of drug-likeness (QED) is 0.783. The van der Waals surface area contributed by atoms with E-state index in [1.807, 2.05) is 11.8 Å². The zero-order chi connectivity index (χ0) is 12.2. The average Bonchev–Trinajstić information content (AvgIpc) is 2.19. The number of morpholine rings is 1. The molecule has 1 fully saturated rings. The van der Waals surface area contributed by atoms with Crippen LogP contribution < -0.4 is 5.73 Å². The fourth-order valence-electron chi connectivity index (χ4n) is 1.61. The zero-order valence-electron chi connectivity index (χ0n) is 9.17. The van der Waals surface area contributed by atoms with Gasteiger partial charge >= 0.3 is 6.36 Å². The Labute approximate surface area is 92.5 Å². The van der Waals surface area contributed by atoms with Crippen LogP contribution >= 0.6 is 0 Å². The molecular formula is C9H17F3N2O2. The van der Waals surface area contributed by atoms with Crippen LogP contribution in [0.5, 0.6) is 0 Å². The van der Waals surface area contributed by atoms with E-state index in [4.69, 9.17) is 10.5 Å². The molecule has 0 aromatic carbocycles. The number of alkyl halides is 3. The number of hydrogen-bond donors (Lipinski definition) is 1. The first-order valence-corrected chi connectivity index (χ1v) is 5.19. The molecule has 2 unspecified atom stereocenters. The van der Waals surface area contributed by atoms with E-state index in [-0.39, 0.29) is 25.3 Å². The van der Waals surface area contributed by atoms with Gasteiger partial charge in [-0.3, -0.25) is 9.64 Å². The summed E-state index contributed by atoms with van der Waals surface area (Å²) in [4.78, 5) is 1.90. The monoisotopic (exact) mass is 242 g/mol. The van der Waals surface area contributed by atoms with Crippen LogP contribution in [0.2, 0.25) is 0 Å². The number of rotatable bonds is 4. The highest BCUT2D eigenvalue weighted by Crippen LogP contribution is 2.17. The molecule has 0 aromatic heterocycles. The first-order valence-electron chi connectivity index (χ1n) is 5.19. The molecular weight excluding hydrogens is 225 g/mol. The van der Waals surface area contributed by atoms with Gasteiger partial charge in [0.15, 0.2) is 0 Å². The minimum absolute atomic E-state index is 0.0953. The van der Waals surface area contributed by atoms with Gasteiger partial charge in [0.25, 0.3) is 0 Å². The van der Waals surface area contributed by atoms with Crippen molar-refractivity contribution in [2.75, 3.05) is 32.8 Å². The second-order valence-corrected chi connectivity index (χ2v) is 3.83. The highest BCUT2D eigenvalue weighted by atomic mass is 19.4. The van der Waals surface area contributed by atoms with E-state index in [2.05, 4.69) is 4.74 Å². The van der Waals surface area contributed by atoms with Gasteiger partial charge < -0.3 is 10.5 Å². The van der Waals surface area contributed by atoms with E-state index in [9.17, 15) is 13.2 Å². The molecule has 1 aliphatic rings. The third kappa shape index (κ3) is 4.65. The van der Waals surface area contributed by atoms with Gasteiger partial charge in [-0.25, -0.2) is 0 Å². The Morgan fingerprint density at radius 2 is 2.19 bits per heavy atom. The first kappa shape index (κ1) is 13.7. The Hall–Kier alpha value is -0.370. The summed E-state index contributed by atoms with van der Waals surface area (Å²) in [7, 11) is 0. The minimum atomic E-state index is -4.55. The van der Waals surface area contributed by atoms with E-state index in [1.54, 1.807) is 0 Å². The van der Waals surface area contributed by atoms with Crippen molar-refractivity contribution in [3.05, 3.63) is 0 Å². The molecule has 7 heteroatoms. The molecule has 2 atom stereocenters. The second-order valence-electron chi connectivity index (χ2n) is 3.83. The Bertz CT molecular complexity index is 213. The van der Waals surface area contributed by atoms with Crippen LogP contribution in [0, 0.1) is 0 Å². The predicted molar refractivity (Wildman–Crippen MR) is 51.8 cm³/mol. The van der Waals surface area contributed by atoms with Gasteiger partial charge in [-0.15, -0.1) is 13.2 Å². The van der Waals surface area contributed by atoms with Gasteiger partial charge in [-0.05, 0) is 6.92 Å². The fourth-order valence-corrected chi connectivity index (χ4v) is 1.61. The molecule has 0 saturated carbocycles. The molecule has 0 bridgehead atoms. The van der Waals surface area contributed by atoms with Crippen molar-refractivity contribution in [2.45, 2.75) is 25.4 Å². The average molecular weight is 242 g/mol. The van der Waals surface area contributed by atoms with E-state index in [1.165, 1.54) is 0 Å². The van der Waals surface area contributed by atoms with Gasteiger partial charge in [0.1, 0.15) is 0 Å². The second kappa shape index (κ2) is 5.81. The van der Waals surface area contributed by atoms with Crippen molar-refractivity contribution in [1.82, 2.24) is 4.90 Å². The number of nitrogens with zero attached hydrogens (tertiary/aromatic N) is 1. The van der Waals surface area contributed by atoms with E-state index < -0.39 is 6.36 Å². The van der Waals surface area contributed by atoms with Crippen molar-refractivity contribution in [3.8, 4) is 0 Å². The van der Waals surface area contributed by atoms with Gasteiger partial charge in [0, 0.05) is 25.7 Å². The SMILES string of the molecule is CC1COC(CN)CN1CCOC(F)(F)F. The smallest absolute Gasteiger partial charge is 0.374 e. The molecule has 0 radical (unpaired) electrons. The summed E-state index contributed by atoms with van der Waals surface area (Å²) in [6.45, 7) is 3.21. The normalized spacial score (nSPS) is 28.3. The first-order chi connectivity index (χ1) is 7.42. The van der Waals surface area contributed by atoms with Gasteiger partial charge in [-0.2, -0.15) is 0 Å². The number of hydrogen-bond acceptors (Lipinski definition) is 4. The summed E-state index contributed by atoms with van der Waals surface area (Å²) >= 11 is 0. The van der Waals surface area contributed by atoms with Crippen LogP contribution in [0.4, 0.5) is 13.2 Å². The van der Waals surface area contributed by atoms with Crippen LogP contribution in [0.1, 0.15) is 6.92 Å². The van der Waals surface area contributed by atoms with Gasteiger partial charge in [-0.1, -0.05) is 0 Å². The molecule has 0 spiro atoms. The molecule has 4 nitrogen and oxygen atoms in total. The molecule has 96 valence electrons. The Balaban J connectivity index is 2.28. The third-order valence-electron chi connectivity index (χ3n) is 2.54. The van der Waals surface area contributed by atoms with Crippen molar-refractivity contribution in [1.29, 1.82) is 0 Å². The summed E-state index contributed by atoms with van der Waals surface area (Å²) in [6.07, 6.45) is -4.65. The van der Waals surface area contributed by atoms with E-state index >= 15 is 0 Å². The molecule has 0 aromatic rings. The third-order valence-corrected chi connectivity index (χ3v) is 2.54. The van der Waals surface area contributed by atoms with E-state index in [0.717, 1.165) is 0 Å². The fraction of sp³-hybridized carbons (Fsp3) is 1.00. The lowest BCUT2D eigenvalue weighted by Crippen LogP contribution is -2.51. The summed E-state index contributed by atoms with van der Waals surface area (Å²) < 4.78 is 44.4. The number of halogens is 3. The van der Waals surface area contributed by atoms with Crippen molar-refractivity contribution in [2.24, 2.45) is 5.73 Å². The van der Waals surface area contributed by atoms with Crippen LogP contribution in [-0.4, -0.2) is 56.3 Å². The molecule has 16 heavy (non-hydrogen) atoms. The largest absolute Gasteiger partial charge is 0.522 e. The van der Waals surface area contributed by atoms with Crippen LogP contribution in [-0.2, 0) is 9.47 Å². The molecule has 2 N–H and O–H groups in total. The molecule has 0 aliphatic carbocycles. The molecule has 0 amide bonds. The van der Waals surface area contributed by atoms with E-state index in [0.29, 0.717) is 19.7 Å². The standard InChI is InChI=1S/C9H17F3N2O2/c1-7-6-15-8(4-13)5-14(7)2-3-16-9(10,11)12/h7-8H,2-6,13H2,1H3. The molecule has 1 rings (SSSR count). The molecule has 1 heterocycles. The molecule has 1 saturated heterocycles. The Morgan fingerprint density at radius 1 is 1.50 bits per heavy atom. The zero-order valence-corrected chi connectivity index (χ0v) is 9.17. The lowest BCUT2D eigenvalue weighted by Gasteiger charge is -2.37. The van der Waals surface area contributed by atoms with Crippen molar-refractivity contribution < 1.29 is 22.6 Å². The highest BCUT2D eigenvalue weighted by molar-refractivity contribution is 4.77. The highest BCUT2D eigenvalue weighted by Gasteiger charge is 2.30. The van der Waals surface area contributed by atoms with Crippen LogP contribution in [0.15, 0.2) is 0 Å². The summed E-state index contributed by atoms with van der Waals surface area (Å²) in [5, 5.41) is 0. The summed E-state index contributed by atoms with van der Waals surface area (Å²) in [5.74, 6) is 0. The van der Waals surface area contributed by atoms with Crippen LogP contribution in [0.3, 0.4) is 0 Å². The Morgan fingerprint density at radius 3 is 2.75 bits per heavy atom. The number of ether oxygens (including phenoxy) is 2. The molecule has 1 aliphatic heterocycles. The maximum Gasteiger partial charge on any atom is 0.522 e. The van der Waals surface area contributed by atoms with Crippen molar-refractivity contribution >= 4 is 0 Å². The van der Waals surface area contributed by atoms with Crippen LogP contribution in [0.25, 0.3) is 0 Å². The van der Waals surface area contributed by atoms with Crippen molar-refractivity contribution in [3.63, 3.8) is 0 Å². The lowest BCUT2D eigenvalue weighted by molar-refractivity contribution is -0.325. The Kier molecular flexibility index (Phi) is 4.97. The minimum Gasteiger partial charge on any atom is -0.374 e. The number of nitrogens with two attached hydrogens (primary N) is 1. The predicted octanol–water partition coefficient (Wildman–Crippen LogP) is 0.571. The maximum absolute atomic E-state index is 11.8. The maximum atomic E-state index is 11.8. The summed E-state index contributed by atoms with van der Waals surface area (Å²) in [6, 6.07) is 0.0969. The summed E-state index contributed by atoms with van der Waals surface area (Å²) in [5.41, 5.74) is 5.45. The topological polar surface area (TPSA) is 47.7 Å². The van der Waals surface area contributed by atoms with Gasteiger partial charge in [0.2, 0.25) is 0 Å². The van der Waals surface area contributed by atoms with Gasteiger partial charge in [0.05, 0.1) is 19.3 Å². The lowest BCUT2D eigenvalue weighted by atomic mass is 10.2.